The highest BCUT2D eigenvalue weighted by Gasteiger charge is 2.46. The van der Waals surface area contributed by atoms with Crippen LogP contribution in [0.2, 0.25) is 0 Å². The van der Waals surface area contributed by atoms with Crippen molar-refractivity contribution < 1.29 is 23.9 Å². The minimum absolute atomic E-state index is 0.0171. The summed E-state index contributed by atoms with van der Waals surface area (Å²) in [7, 11) is 3.48. The molecule has 2 fully saturated rings. The molecule has 182 valence electrons. The van der Waals surface area contributed by atoms with Gasteiger partial charge < -0.3 is 19.7 Å². The standard InChI is InChI=1S/C25H37N3O5/c1-25(2,3)27(4)18-11-12-21(19(15-18)23(30)32-5)28-14-13-20(22(28)29)26-24(31)33-16-17-9-7-6-8-10-17/h6-10,18-21H,11-16H2,1-5H3,(H,26,31). The van der Waals surface area contributed by atoms with Gasteiger partial charge in [-0.05, 0) is 59.1 Å². The number of methoxy groups -OCH3 is 1. The smallest absolute Gasteiger partial charge is 0.408 e. The Bertz CT molecular complexity index is 838. The molecule has 1 saturated carbocycles. The van der Waals surface area contributed by atoms with Crippen LogP contribution < -0.4 is 5.32 Å². The second kappa shape index (κ2) is 10.5. The van der Waals surface area contributed by atoms with Gasteiger partial charge in [-0.15, -0.1) is 0 Å². The Kier molecular flexibility index (Phi) is 8.00. The van der Waals surface area contributed by atoms with Gasteiger partial charge in [0.25, 0.3) is 0 Å². The van der Waals surface area contributed by atoms with Crippen molar-refractivity contribution in [2.24, 2.45) is 5.92 Å². The SMILES string of the molecule is COC(=O)C1CC(N(C)C(C)(C)C)CCC1N1CCC(NC(=O)OCc2ccccc2)C1=O. The lowest BCUT2D eigenvalue weighted by Gasteiger charge is -2.46. The zero-order valence-electron chi connectivity index (χ0n) is 20.4. The number of carbonyl (C=O) groups excluding carboxylic acids is 3. The molecule has 1 aromatic carbocycles. The van der Waals surface area contributed by atoms with Crippen molar-refractivity contribution in [3.8, 4) is 0 Å². The summed E-state index contributed by atoms with van der Waals surface area (Å²) in [5.74, 6) is -0.821. The van der Waals surface area contributed by atoms with Crippen LogP contribution in [-0.2, 0) is 25.7 Å². The number of likely N-dealkylation sites (tertiary alicyclic amines) is 1. The first-order valence-electron chi connectivity index (χ1n) is 11.7. The number of nitrogens with zero attached hydrogens (tertiary/aromatic N) is 2. The summed E-state index contributed by atoms with van der Waals surface area (Å²) in [6.45, 7) is 7.11. The van der Waals surface area contributed by atoms with E-state index in [-0.39, 0.29) is 42.0 Å². The summed E-state index contributed by atoms with van der Waals surface area (Å²) in [4.78, 5) is 42.1. The molecule has 1 aliphatic heterocycles. The second-order valence-corrected chi connectivity index (χ2v) is 10.0. The minimum atomic E-state index is -0.637. The molecule has 8 heteroatoms. The Hall–Kier alpha value is -2.61. The van der Waals surface area contributed by atoms with Crippen LogP contribution in [0.5, 0.6) is 0 Å². The number of ether oxygens (including phenoxy) is 2. The van der Waals surface area contributed by atoms with Crippen molar-refractivity contribution in [3.05, 3.63) is 35.9 Å². The highest BCUT2D eigenvalue weighted by Crippen LogP contribution is 2.36. The largest absolute Gasteiger partial charge is 0.469 e. The molecule has 1 saturated heterocycles. The number of benzene rings is 1. The second-order valence-electron chi connectivity index (χ2n) is 10.0. The zero-order chi connectivity index (χ0) is 24.2. The summed E-state index contributed by atoms with van der Waals surface area (Å²) in [6, 6.07) is 8.77. The third kappa shape index (κ3) is 6.05. The number of carbonyl (C=O) groups is 3. The number of nitrogens with one attached hydrogen (secondary N) is 1. The fourth-order valence-corrected chi connectivity index (χ4v) is 4.88. The molecule has 2 aliphatic rings. The molecule has 0 aromatic heterocycles. The van der Waals surface area contributed by atoms with Crippen molar-refractivity contribution in [1.29, 1.82) is 0 Å². The predicted octanol–water partition coefficient (Wildman–Crippen LogP) is 2.95. The first-order valence-corrected chi connectivity index (χ1v) is 11.7. The summed E-state index contributed by atoms with van der Waals surface area (Å²) < 4.78 is 10.4. The molecule has 1 N–H and O–H groups in total. The highest BCUT2D eigenvalue weighted by atomic mass is 16.5. The van der Waals surface area contributed by atoms with Crippen molar-refractivity contribution in [1.82, 2.24) is 15.1 Å². The normalized spacial score (nSPS) is 25.8. The molecule has 0 bridgehead atoms. The van der Waals surface area contributed by atoms with Crippen LogP contribution in [0.3, 0.4) is 0 Å². The fraction of sp³-hybridized carbons (Fsp3) is 0.640. The minimum Gasteiger partial charge on any atom is -0.469 e. The van der Waals surface area contributed by atoms with Crippen LogP contribution in [-0.4, -0.2) is 72.1 Å². The van der Waals surface area contributed by atoms with Crippen LogP contribution in [0, 0.1) is 5.92 Å². The number of esters is 1. The van der Waals surface area contributed by atoms with Crippen LogP contribution in [0.15, 0.2) is 30.3 Å². The molecule has 8 nitrogen and oxygen atoms in total. The molecule has 1 heterocycles. The average Bonchev–Trinajstić information content (AvgIpc) is 3.16. The number of hydrogen-bond donors (Lipinski definition) is 1. The van der Waals surface area contributed by atoms with Crippen LogP contribution in [0.25, 0.3) is 0 Å². The maximum Gasteiger partial charge on any atom is 0.408 e. The van der Waals surface area contributed by atoms with E-state index in [9.17, 15) is 14.4 Å². The van der Waals surface area contributed by atoms with Gasteiger partial charge in [-0.2, -0.15) is 0 Å². The molecule has 33 heavy (non-hydrogen) atoms. The van der Waals surface area contributed by atoms with Crippen molar-refractivity contribution in [2.45, 2.75) is 76.7 Å². The third-order valence-corrected chi connectivity index (χ3v) is 7.04. The quantitative estimate of drug-likeness (QED) is 0.658. The lowest BCUT2D eigenvalue weighted by molar-refractivity contribution is -0.152. The molecular weight excluding hydrogens is 422 g/mol. The third-order valence-electron chi connectivity index (χ3n) is 7.04. The van der Waals surface area contributed by atoms with E-state index in [0.717, 1.165) is 18.4 Å². The summed E-state index contributed by atoms with van der Waals surface area (Å²) >= 11 is 0. The molecule has 2 amide bonds. The van der Waals surface area contributed by atoms with Gasteiger partial charge in [-0.3, -0.25) is 14.5 Å². The lowest BCUT2D eigenvalue weighted by atomic mass is 9.79. The molecule has 0 spiro atoms. The van der Waals surface area contributed by atoms with Gasteiger partial charge in [0.05, 0.1) is 13.0 Å². The van der Waals surface area contributed by atoms with Gasteiger partial charge in [0, 0.05) is 24.2 Å². The Balaban J connectivity index is 1.60. The number of hydrogen-bond acceptors (Lipinski definition) is 6. The van der Waals surface area contributed by atoms with Crippen LogP contribution in [0.1, 0.15) is 52.0 Å². The van der Waals surface area contributed by atoms with Gasteiger partial charge in [0.2, 0.25) is 5.91 Å². The Morgan fingerprint density at radius 1 is 1.15 bits per heavy atom. The molecule has 1 aliphatic carbocycles. The number of amides is 2. The van der Waals surface area contributed by atoms with E-state index in [2.05, 4.69) is 38.0 Å². The molecule has 3 rings (SSSR count). The predicted molar refractivity (Wildman–Crippen MR) is 124 cm³/mol. The van der Waals surface area contributed by atoms with Crippen molar-refractivity contribution >= 4 is 18.0 Å². The van der Waals surface area contributed by atoms with E-state index in [4.69, 9.17) is 9.47 Å². The molecule has 1 aromatic rings. The molecular formula is C25H37N3O5. The average molecular weight is 460 g/mol. The van der Waals surface area contributed by atoms with Gasteiger partial charge in [-0.25, -0.2) is 4.79 Å². The maximum atomic E-state index is 13.1. The maximum absolute atomic E-state index is 13.1. The highest BCUT2D eigenvalue weighted by molar-refractivity contribution is 5.88. The van der Waals surface area contributed by atoms with E-state index >= 15 is 0 Å². The Labute approximate surface area is 196 Å². The first-order chi connectivity index (χ1) is 15.6. The van der Waals surface area contributed by atoms with Crippen molar-refractivity contribution in [3.63, 3.8) is 0 Å². The topological polar surface area (TPSA) is 88.2 Å². The van der Waals surface area contributed by atoms with E-state index < -0.39 is 12.1 Å². The van der Waals surface area contributed by atoms with E-state index in [0.29, 0.717) is 19.4 Å². The summed E-state index contributed by atoms with van der Waals surface area (Å²) in [6.07, 6.45) is 2.15. The monoisotopic (exact) mass is 459 g/mol. The summed E-state index contributed by atoms with van der Waals surface area (Å²) in [5, 5.41) is 2.70. The Morgan fingerprint density at radius 2 is 1.85 bits per heavy atom. The van der Waals surface area contributed by atoms with E-state index in [1.165, 1.54) is 7.11 Å². The zero-order valence-corrected chi connectivity index (χ0v) is 20.4. The first kappa shape index (κ1) is 25.0. The van der Waals surface area contributed by atoms with Crippen LogP contribution >= 0.6 is 0 Å². The van der Waals surface area contributed by atoms with Crippen LogP contribution in [0.4, 0.5) is 4.79 Å². The molecule has 4 unspecified atom stereocenters. The van der Waals surface area contributed by atoms with Gasteiger partial charge in [0.15, 0.2) is 0 Å². The van der Waals surface area contributed by atoms with Crippen molar-refractivity contribution in [2.75, 3.05) is 20.7 Å². The number of alkyl carbamates (subject to hydrolysis) is 1. The fourth-order valence-electron chi connectivity index (χ4n) is 4.88. The van der Waals surface area contributed by atoms with E-state index in [1.54, 1.807) is 4.90 Å². The van der Waals surface area contributed by atoms with Gasteiger partial charge >= 0.3 is 12.1 Å². The molecule has 0 radical (unpaired) electrons. The number of rotatable bonds is 6. The Morgan fingerprint density at radius 3 is 2.48 bits per heavy atom. The van der Waals surface area contributed by atoms with E-state index in [1.807, 2.05) is 30.3 Å². The molecule has 4 atom stereocenters. The van der Waals surface area contributed by atoms with Gasteiger partial charge in [0.1, 0.15) is 12.6 Å². The summed E-state index contributed by atoms with van der Waals surface area (Å²) in [5.41, 5.74) is 0.862. The van der Waals surface area contributed by atoms with Gasteiger partial charge in [-0.1, -0.05) is 30.3 Å². The lowest BCUT2D eigenvalue weighted by Crippen LogP contribution is -2.55.